The number of anilines is 2. The fourth-order valence-corrected chi connectivity index (χ4v) is 5.00. The van der Waals surface area contributed by atoms with E-state index in [9.17, 15) is 9.59 Å². The molecule has 5 heterocycles. The summed E-state index contributed by atoms with van der Waals surface area (Å²) in [4.78, 5) is 40.9. The number of amides is 2. The summed E-state index contributed by atoms with van der Waals surface area (Å²) in [5.41, 5.74) is 3.29. The molecule has 0 saturated carbocycles. The Morgan fingerprint density at radius 3 is 1.65 bits per heavy atom. The standard InChI is InChI=1S/C20H14N6O2S3/c27-17(25-19-23-13(9-29-19)11-3-1-7-21-11)15-5-6-16(31-15)18(28)26-20-24-14(10-30-20)12-4-2-8-22-12/h1-10,21-22H,(H,23,25,27)(H,24,26,28). The smallest absolute Gasteiger partial charge is 0.267 e. The van der Waals surface area contributed by atoms with Gasteiger partial charge in [-0.25, -0.2) is 9.97 Å². The Kier molecular flexibility index (Phi) is 5.20. The van der Waals surface area contributed by atoms with Crippen molar-refractivity contribution in [3.05, 3.63) is 69.3 Å². The number of carbonyl (C=O) groups is 2. The van der Waals surface area contributed by atoms with Crippen molar-refractivity contribution in [3.8, 4) is 22.8 Å². The Bertz CT molecular complexity index is 1230. The Hall–Kier alpha value is -3.54. The minimum Gasteiger partial charge on any atom is -0.360 e. The highest BCUT2D eigenvalue weighted by Gasteiger charge is 2.17. The summed E-state index contributed by atoms with van der Waals surface area (Å²) in [5, 5.41) is 10.3. The molecule has 0 radical (unpaired) electrons. The fraction of sp³-hybridized carbons (Fsp3) is 0. The number of thiazole rings is 2. The Morgan fingerprint density at radius 2 is 1.23 bits per heavy atom. The highest BCUT2D eigenvalue weighted by atomic mass is 32.1. The van der Waals surface area contributed by atoms with Gasteiger partial charge in [0.2, 0.25) is 0 Å². The van der Waals surface area contributed by atoms with E-state index in [1.54, 1.807) is 12.1 Å². The Labute approximate surface area is 188 Å². The third-order valence-electron chi connectivity index (χ3n) is 4.25. The van der Waals surface area contributed by atoms with Gasteiger partial charge in [-0.1, -0.05) is 0 Å². The van der Waals surface area contributed by atoms with Crippen molar-refractivity contribution in [1.82, 2.24) is 19.9 Å². The van der Waals surface area contributed by atoms with Crippen molar-refractivity contribution in [2.45, 2.75) is 0 Å². The van der Waals surface area contributed by atoms with Crippen LogP contribution < -0.4 is 10.6 Å². The number of hydrogen-bond acceptors (Lipinski definition) is 7. The van der Waals surface area contributed by atoms with E-state index in [1.165, 1.54) is 22.7 Å². The average molecular weight is 467 g/mol. The molecule has 0 saturated heterocycles. The van der Waals surface area contributed by atoms with Crippen LogP contribution in [0, 0.1) is 0 Å². The summed E-state index contributed by atoms with van der Waals surface area (Å²) in [6.07, 6.45) is 3.63. The molecule has 2 amide bonds. The molecule has 5 aromatic rings. The summed E-state index contributed by atoms with van der Waals surface area (Å²) >= 11 is 3.79. The van der Waals surface area contributed by atoms with Gasteiger partial charge in [-0.05, 0) is 36.4 Å². The van der Waals surface area contributed by atoms with E-state index in [4.69, 9.17) is 0 Å². The van der Waals surface area contributed by atoms with Crippen molar-refractivity contribution in [1.29, 1.82) is 0 Å². The molecule has 8 nitrogen and oxygen atoms in total. The molecule has 5 rings (SSSR count). The third kappa shape index (κ3) is 4.19. The van der Waals surface area contributed by atoms with Crippen LogP contribution in [0.1, 0.15) is 19.3 Å². The first-order chi connectivity index (χ1) is 15.2. The molecule has 0 aromatic carbocycles. The molecular weight excluding hydrogens is 452 g/mol. The SMILES string of the molecule is O=C(Nc1nc(-c2ccc[nH]2)cs1)c1ccc(C(=O)Nc2nc(-c3ccc[nH]3)cs2)s1. The molecule has 5 aromatic heterocycles. The minimum absolute atomic E-state index is 0.306. The molecule has 0 spiro atoms. The number of aromatic amines is 2. The van der Waals surface area contributed by atoms with Crippen molar-refractivity contribution < 1.29 is 9.59 Å². The van der Waals surface area contributed by atoms with Crippen LogP contribution in [0.15, 0.2) is 59.6 Å². The van der Waals surface area contributed by atoms with Gasteiger partial charge in [-0.2, -0.15) is 0 Å². The van der Waals surface area contributed by atoms with Gasteiger partial charge in [0, 0.05) is 23.2 Å². The highest BCUT2D eigenvalue weighted by Crippen LogP contribution is 2.27. The summed E-state index contributed by atoms with van der Waals surface area (Å²) in [6, 6.07) is 10.8. The largest absolute Gasteiger partial charge is 0.360 e. The van der Waals surface area contributed by atoms with E-state index < -0.39 is 0 Å². The van der Waals surface area contributed by atoms with E-state index in [0.29, 0.717) is 20.0 Å². The fourth-order valence-electron chi connectivity index (χ4n) is 2.79. The molecule has 4 N–H and O–H groups in total. The Balaban J connectivity index is 1.23. The molecule has 0 unspecified atom stereocenters. The first-order valence-corrected chi connectivity index (χ1v) is 11.6. The van der Waals surface area contributed by atoms with E-state index in [2.05, 4.69) is 30.6 Å². The van der Waals surface area contributed by atoms with Crippen molar-refractivity contribution in [3.63, 3.8) is 0 Å². The molecular formula is C20H14N6O2S3. The second-order valence-corrected chi connectivity index (χ2v) is 9.12. The lowest BCUT2D eigenvalue weighted by atomic mass is 10.3. The molecule has 0 atom stereocenters. The van der Waals surface area contributed by atoms with Crippen LogP contribution in [0.2, 0.25) is 0 Å². The second-order valence-electron chi connectivity index (χ2n) is 6.32. The number of rotatable bonds is 6. The van der Waals surface area contributed by atoms with Gasteiger partial charge in [0.1, 0.15) is 0 Å². The van der Waals surface area contributed by atoms with Crippen LogP contribution in [0.4, 0.5) is 10.3 Å². The molecule has 0 aliphatic heterocycles. The number of nitrogens with one attached hydrogen (secondary N) is 4. The maximum Gasteiger partial charge on any atom is 0.267 e. The van der Waals surface area contributed by atoms with Gasteiger partial charge < -0.3 is 9.97 Å². The first-order valence-electron chi connectivity index (χ1n) is 9.07. The van der Waals surface area contributed by atoms with Gasteiger partial charge in [0.05, 0.1) is 32.5 Å². The van der Waals surface area contributed by atoms with E-state index in [1.807, 2.05) is 47.4 Å². The maximum atomic E-state index is 12.6. The number of aromatic nitrogens is 4. The van der Waals surface area contributed by atoms with Crippen LogP contribution in [0.25, 0.3) is 22.8 Å². The molecule has 154 valence electrons. The molecule has 0 fully saturated rings. The summed E-state index contributed by atoms with van der Waals surface area (Å²) in [7, 11) is 0. The Morgan fingerprint density at radius 1 is 0.742 bits per heavy atom. The lowest BCUT2D eigenvalue weighted by molar-refractivity contribution is 0.102. The summed E-state index contributed by atoms with van der Waals surface area (Å²) < 4.78 is 0. The average Bonchev–Trinajstić information content (AvgIpc) is 3.59. The van der Waals surface area contributed by atoms with Gasteiger partial charge >= 0.3 is 0 Å². The second kappa shape index (κ2) is 8.30. The van der Waals surface area contributed by atoms with Gasteiger partial charge in [-0.15, -0.1) is 34.0 Å². The van der Waals surface area contributed by atoms with Crippen LogP contribution in [0.5, 0.6) is 0 Å². The summed E-state index contributed by atoms with van der Waals surface area (Å²) in [6.45, 7) is 0. The van der Waals surface area contributed by atoms with Crippen molar-refractivity contribution in [2.24, 2.45) is 0 Å². The van der Waals surface area contributed by atoms with Crippen LogP contribution in [-0.4, -0.2) is 31.8 Å². The predicted molar refractivity (Wildman–Crippen MR) is 124 cm³/mol. The normalized spacial score (nSPS) is 10.8. The minimum atomic E-state index is -0.306. The molecule has 11 heteroatoms. The van der Waals surface area contributed by atoms with Crippen LogP contribution >= 0.6 is 34.0 Å². The maximum absolute atomic E-state index is 12.6. The van der Waals surface area contributed by atoms with E-state index in [0.717, 1.165) is 34.1 Å². The highest BCUT2D eigenvalue weighted by molar-refractivity contribution is 7.17. The topological polar surface area (TPSA) is 116 Å². The van der Waals surface area contributed by atoms with Gasteiger partial charge in [0.25, 0.3) is 11.8 Å². The molecule has 0 aliphatic carbocycles. The zero-order chi connectivity index (χ0) is 21.2. The quantitative estimate of drug-likeness (QED) is 0.277. The van der Waals surface area contributed by atoms with Crippen molar-refractivity contribution in [2.75, 3.05) is 10.6 Å². The van der Waals surface area contributed by atoms with Crippen LogP contribution in [0.3, 0.4) is 0 Å². The number of thiophene rings is 1. The number of hydrogen-bond donors (Lipinski definition) is 4. The predicted octanol–water partition coefficient (Wildman–Crippen LogP) is 5.16. The van der Waals surface area contributed by atoms with Gasteiger partial charge in [-0.3, -0.25) is 20.2 Å². The lowest BCUT2D eigenvalue weighted by Gasteiger charge is -1.99. The number of H-pyrrole nitrogens is 2. The first kappa shape index (κ1) is 19.4. The van der Waals surface area contributed by atoms with Crippen molar-refractivity contribution >= 4 is 56.1 Å². The van der Waals surface area contributed by atoms with Gasteiger partial charge in [0.15, 0.2) is 10.3 Å². The van der Waals surface area contributed by atoms with E-state index in [-0.39, 0.29) is 11.8 Å². The third-order valence-corrected chi connectivity index (χ3v) is 6.85. The van der Waals surface area contributed by atoms with Crippen LogP contribution in [-0.2, 0) is 0 Å². The monoisotopic (exact) mass is 466 g/mol. The zero-order valence-electron chi connectivity index (χ0n) is 15.7. The van der Waals surface area contributed by atoms with E-state index >= 15 is 0 Å². The molecule has 31 heavy (non-hydrogen) atoms. The zero-order valence-corrected chi connectivity index (χ0v) is 18.2. The molecule has 0 aliphatic rings. The summed E-state index contributed by atoms with van der Waals surface area (Å²) in [5.74, 6) is -0.612. The number of carbonyl (C=O) groups excluding carboxylic acids is 2. The number of nitrogens with zero attached hydrogens (tertiary/aromatic N) is 2. The lowest BCUT2D eigenvalue weighted by Crippen LogP contribution is -2.11. The molecule has 0 bridgehead atoms.